The first-order chi connectivity index (χ1) is 15.9. The van der Waals surface area contributed by atoms with Crippen LogP contribution in [-0.4, -0.2) is 41.6 Å². The van der Waals surface area contributed by atoms with Crippen molar-refractivity contribution in [3.63, 3.8) is 0 Å². The molecule has 1 atom stereocenters. The van der Waals surface area contributed by atoms with Gasteiger partial charge in [-0.3, -0.25) is 9.59 Å². The average Bonchev–Trinajstić information content (AvgIpc) is 3.35. The predicted molar refractivity (Wildman–Crippen MR) is 121 cm³/mol. The van der Waals surface area contributed by atoms with Gasteiger partial charge in [0.15, 0.2) is 5.82 Å². The van der Waals surface area contributed by atoms with E-state index in [1.165, 1.54) is 9.08 Å². The summed E-state index contributed by atoms with van der Waals surface area (Å²) in [6.45, 7) is 2.84. The van der Waals surface area contributed by atoms with Crippen LogP contribution in [0.15, 0.2) is 41.5 Å². The molecule has 6 rings (SSSR count). The van der Waals surface area contributed by atoms with Gasteiger partial charge in [0.1, 0.15) is 28.3 Å². The van der Waals surface area contributed by atoms with Crippen LogP contribution in [0.4, 0.5) is 11.8 Å². The Morgan fingerprint density at radius 2 is 2.06 bits per heavy atom. The lowest BCUT2D eigenvalue weighted by atomic mass is 9.84. The normalized spacial score (nSPS) is 19.5. The number of aromatic nitrogens is 6. The van der Waals surface area contributed by atoms with Crippen molar-refractivity contribution in [2.45, 2.75) is 25.4 Å². The molecular formula is C21H18ClN9O2. The summed E-state index contributed by atoms with van der Waals surface area (Å²) in [5.74, 6) is 1.12. The van der Waals surface area contributed by atoms with Crippen molar-refractivity contribution in [1.29, 1.82) is 0 Å². The summed E-state index contributed by atoms with van der Waals surface area (Å²) in [4.78, 5) is 41.1. The van der Waals surface area contributed by atoms with Crippen LogP contribution in [0.3, 0.4) is 0 Å². The zero-order valence-corrected chi connectivity index (χ0v) is 18.2. The lowest BCUT2D eigenvalue weighted by molar-refractivity contribution is 0.0965. The third-order valence-corrected chi connectivity index (χ3v) is 6.60. The summed E-state index contributed by atoms with van der Waals surface area (Å²) in [6.07, 6.45) is 3.91. The maximum atomic E-state index is 13.6. The average molecular weight is 464 g/mol. The van der Waals surface area contributed by atoms with Gasteiger partial charge in [0, 0.05) is 18.9 Å². The molecular weight excluding hydrogens is 446 g/mol. The van der Waals surface area contributed by atoms with Crippen molar-refractivity contribution >= 4 is 34.8 Å². The van der Waals surface area contributed by atoms with Crippen LogP contribution in [0, 0.1) is 0 Å². The summed E-state index contributed by atoms with van der Waals surface area (Å²) in [5.41, 5.74) is 6.04. The van der Waals surface area contributed by atoms with E-state index < -0.39 is 5.54 Å². The highest BCUT2D eigenvalue weighted by molar-refractivity contribution is 6.33. The number of nitrogens with one attached hydrogen (secondary N) is 1. The van der Waals surface area contributed by atoms with Crippen LogP contribution in [-0.2, 0) is 12.1 Å². The van der Waals surface area contributed by atoms with Crippen LogP contribution >= 0.6 is 11.6 Å². The molecule has 4 aromatic rings. The number of rotatable bonds is 3. The van der Waals surface area contributed by atoms with E-state index in [9.17, 15) is 9.59 Å². The minimum atomic E-state index is -0.779. The number of carbonyl (C=O) groups is 1. The Kier molecular flexibility index (Phi) is 4.03. The smallest absolute Gasteiger partial charge is 0.285 e. The highest BCUT2D eigenvalue weighted by Crippen LogP contribution is 2.44. The van der Waals surface area contributed by atoms with Gasteiger partial charge in [-0.25, -0.2) is 19.1 Å². The molecule has 0 aliphatic carbocycles. The molecule has 166 valence electrons. The van der Waals surface area contributed by atoms with Crippen LogP contribution in [0.25, 0.3) is 11.3 Å². The first-order valence-electron chi connectivity index (χ1n) is 10.3. The molecule has 0 spiro atoms. The van der Waals surface area contributed by atoms with Gasteiger partial charge in [0.05, 0.1) is 17.3 Å². The zero-order valence-electron chi connectivity index (χ0n) is 17.5. The molecule has 1 saturated heterocycles. The van der Waals surface area contributed by atoms with E-state index in [1.807, 2.05) is 11.8 Å². The van der Waals surface area contributed by atoms with Gasteiger partial charge in [-0.05, 0) is 31.5 Å². The van der Waals surface area contributed by atoms with Crippen LogP contribution in [0.2, 0.25) is 5.02 Å². The number of nitrogens with two attached hydrogens (primary N) is 1. The lowest BCUT2D eigenvalue weighted by Gasteiger charge is -2.51. The Hall–Kier alpha value is -3.99. The molecule has 0 bridgehead atoms. The van der Waals surface area contributed by atoms with Gasteiger partial charge < -0.3 is 16.0 Å². The molecule has 12 heteroatoms. The summed E-state index contributed by atoms with van der Waals surface area (Å²) in [7, 11) is 0. The number of pyridine rings is 1. The van der Waals surface area contributed by atoms with Crippen molar-refractivity contribution in [2.24, 2.45) is 0 Å². The minimum Gasteiger partial charge on any atom is -0.368 e. The van der Waals surface area contributed by atoms with Crippen molar-refractivity contribution in [2.75, 3.05) is 17.2 Å². The molecule has 2 aliphatic rings. The van der Waals surface area contributed by atoms with Crippen molar-refractivity contribution in [3.05, 3.63) is 69.1 Å². The molecule has 0 radical (unpaired) electrons. The number of halogens is 1. The maximum absolute atomic E-state index is 13.6. The van der Waals surface area contributed by atoms with E-state index in [0.29, 0.717) is 53.3 Å². The molecule has 1 amide bonds. The Labute approximate surface area is 191 Å². The molecule has 0 aromatic carbocycles. The molecule has 33 heavy (non-hydrogen) atoms. The van der Waals surface area contributed by atoms with Gasteiger partial charge in [0.25, 0.3) is 11.5 Å². The third-order valence-electron chi connectivity index (χ3n) is 6.30. The molecule has 11 nitrogen and oxygen atoms in total. The predicted octanol–water partition coefficient (Wildman–Crippen LogP) is 1.27. The highest BCUT2D eigenvalue weighted by atomic mass is 35.5. The highest BCUT2D eigenvalue weighted by Gasteiger charge is 2.49. The first-order valence-corrected chi connectivity index (χ1v) is 10.7. The Bertz CT molecular complexity index is 1510. The van der Waals surface area contributed by atoms with E-state index in [0.717, 1.165) is 0 Å². The monoisotopic (exact) mass is 463 g/mol. The fourth-order valence-electron chi connectivity index (χ4n) is 4.53. The zero-order chi connectivity index (χ0) is 22.9. The third kappa shape index (κ3) is 2.68. The second-order valence-corrected chi connectivity index (χ2v) is 8.60. The van der Waals surface area contributed by atoms with E-state index in [2.05, 4.69) is 20.3 Å². The Morgan fingerprint density at radius 1 is 1.21 bits per heavy atom. The standard InChI is InChI=1S/C21H18ClN9O2/c1-21(6-9-29(21)16-14-12(10-25-17(14)32)26-20(23)27-16)19-28-30-8-5-11(22)15(30)18(33)31(19)13-4-2-3-7-24-13/h2-5,7-8H,6,9-10H2,1H3,(H,25,32)(H2,23,26,27)/t21-/m0/s1. The van der Waals surface area contributed by atoms with E-state index in [1.54, 1.807) is 36.7 Å². The van der Waals surface area contributed by atoms with Gasteiger partial charge in [0.2, 0.25) is 5.95 Å². The first kappa shape index (κ1) is 19.7. The van der Waals surface area contributed by atoms with Gasteiger partial charge in [-0.2, -0.15) is 10.1 Å². The van der Waals surface area contributed by atoms with Crippen molar-refractivity contribution < 1.29 is 4.79 Å². The number of nitrogen functional groups attached to an aromatic ring is 1. The fraction of sp³-hybridized carbons (Fsp3) is 0.238. The maximum Gasteiger partial charge on any atom is 0.285 e. The molecule has 0 unspecified atom stereocenters. The number of anilines is 2. The van der Waals surface area contributed by atoms with E-state index >= 15 is 0 Å². The number of amides is 1. The second kappa shape index (κ2) is 6.75. The van der Waals surface area contributed by atoms with Crippen molar-refractivity contribution in [3.8, 4) is 5.82 Å². The van der Waals surface area contributed by atoms with Gasteiger partial charge >= 0.3 is 0 Å². The molecule has 1 fully saturated rings. The van der Waals surface area contributed by atoms with E-state index in [4.69, 9.17) is 22.4 Å². The molecule has 4 aromatic heterocycles. The van der Waals surface area contributed by atoms with Crippen LogP contribution in [0.5, 0.6) is 0 Å². The number of nitrogens with zero attached hydrogens (tertiary/aromatic N) is 7. The van der Waals surface area contributed by atoms with E-state index in [-0.39, 0.29) is 22.9 Å². The summed E-state index contributed by atoms with van der Waals surface area (Å²) >= 11 is 6.29. The molecule has 0 saturated carbocycles. The lowest BCUT2D eigenvalue weighted by Crippen LogP contribution is -2.59. The topological polar surface area (TPSA) is 136 Å². The largest absolute Gasteiger partial charge is 0.368 e. The van der Waals surface area contributed by atoms with Gasteiger partial charge in [-0.1, -0.05) is 17.7 Å². The minimum absolute atomic E-state index is 0.0808. The number of hydrogen-bond acceptors (Lipinski definition) is 8. The van der Waals surface area contributed by atoms with Crippen LogP contribution < -0.4 is 21.5 Å². The molecule has 2 aliphatic heterocycles. The quantitative estimate of drug-likeness (QED) is 0.463. The summed E-state index contributed by atoms with van der Waals surface area (Å²) < 4.78 is 2.95. The second-order valence-electron chi connectivity index (χ2n) is 8.19. The Balaban J connectivity index is 1.61. The van der Waals surface area contributed by atoms with Crippen molar-refractivity contribution in [1.82, 2.24) is 34.4 Å². The summed E-state index contributed by atoms with van der Waals surface area (Å²) in [6, 6.07) is 6.93. The Morgan fingerprint density at radius 3 is 2.79 bits per heavy atom. The molecule has 6 heterocycles. The SMILES string of the molecule is C[C@@]1(c2nn3ccc(Cl)c3c(=O)n2-c2ccccn2)CCN1c1nc(N)nc2c1C(=O)NC2. The van der Waals surface area contributed by atoms with Crippen LogP contribution in [0.1, 0.15) is 35.2 Å². The summed E-state index contributed by atoms with van der Waals surface area (Å²) in [5, 5.41) is 7.85. The number of hydrogen-bond donors (Lipinski definition) is 2. The van der Waals surface area contributed by atoms with Gasteiger partial charge in [-0.15, -0.1) is 0 Å². The fourth-order valence-corrected chi connectivity index (χ4v) is 4.75. The number of carbonyl (C=O) groups excluding carboxylic acids is 1. The molecule has 3 N–H and O–H groups in total. The number of fused-ring (bicyclic) bond motifs is 2.